The molecule has 3 rings (SSSR count). The van der Waals surface area contributed by atoms with Crippen molar-refractivity contribution < 1.29 is 4.79 Å². The first kappa shape index (κ1) is 18.1. The predicted molar refractivity (Wildman–Crippen MR) is 101 cm³/mol. The van der Waals surface area contributed by atoms with Crippen molar-refractivity contribution in [2.24, 2.45) is 5.92 Å². The van der Waals surface area contributed by atoms with Crippen molar-refractivity contribution in [2.45, 2.75) is 46.2 Å². The van der Waals surface area contributed by atoms with Crippen LogP contribution in [0.25, 0.3) is 10.2 Å². The van der Waals surface area contributed by atoms with Crippen LogP contribution in [0.2, 0.25) is 0 Å². The van der Waals surface area contributed by atoms with E-state index < -0.39 is 0 Å². The number of hydrogen-bond donors (Lipinski definition) is 1. The second kappa shape index (κ2) is 7.66. The fourth-order valence-corrected chi connectivity index (χ4v) is 4.17. The van der Waals surface area contributed by atoms with Gasteiger partial charge in [0.1, 0.15) is 11.4 Å². The summed E-state index contributed by atoms with van der Waals surface area (Å²) in [7, 11) is 0. The number of piperidine rings is 1. The minimum atomic E-state index is -0.144. The van der Waals surface area contributed by atoms with E-state index in [2.05, 4.69) is 29.0 Å². The van der Waals surface area contributed by atoms with Crippen molar-refractivity contribution in [3.63, 3.8) is 0 Å². The summed E-state index contributed by atoms with van der Waals surface area (Å²) in [5, 5.41) is 3.58. The third-order valence-corrected chi connectivity index (χ3v) is 5.88. The van der Waals surface area contributed by atoms with Gasteiger partial charge in [0.25, 0.3) is 5.56 Å². The molecule has 7 heteroatoms. The molecule has 0 radical (unpaired) electrons. The zero-order valence-electron chi connectivity index (χ0n) is 15.1. The van der Waals surface area contributed by atoms with Crippen molar-refractivity contribution >= 4 is 27.5 Å². The maximum Gasteiger partial charge on any atom is 0.262 e. The Labute approximate surface area is 151 Å². The van der Waals surface area contributed by atoms with Gasteiger partial charge in [-0.05, 0) is 58.7 Å². The van der Waals surface area contributed by atoms with E-state index in [1.165, 1.54) is 22.2 Å². The van der Waals surface area contributed by atoms with Crippen molar-refractivity contribution in [2.75, 3.05) is 19.6 Å². The Morgan fingerprint density at radius 2 is 2.12 bits per heavy atom. The van der Waals surface area contributed by atoms with Gasteiger partial charge in [0, 0.05) is 17.5 Å². The first-order chi connectivity index (χ1) is 11.9. The number of carbonyl (C=O) groups excluding carboxylic acids is 1. The maximum absolute atomic E-state index is 12.4. The summed E-state index contributed by atoms with van der Waals surface area (Å²) in [4.78, 5) is 33.2. The number of thiophene rings is 1. The van der Waals surface area contributed by atoms with Crippen molar-refractivity contribution in [3.05, 3.63) is 27.6 Å². The number of aryl methyl sites for hydroxylation is 1. The van der Waals surface area contributed by atoms with E-state index in [0.29, 0.717) is 23.9 Å². The highest BCUT2D eigenvalue weighted by molar-refractivity contribution is 7.18. The van der Waals surface area contributed by atoms with E-state index >= 15 is 0 Å². The lowest BCUT2D eigenvalue weighted by Crippen LogP contribution is -2.42. The average Bonchev–Trinajstić information content (AvgIpc) is 2.97. The zero-order valence-corrected chi connectivity index (χ0v) is 15.9. The Morgan fingerprint density at radius 1 is 1.40 bits per heavy atom. The van der Waals surface area contributed by atoms with Crippen LogP contribution in [0, 0.1) is 12.8 Å². The van der Waals surface area contributed by atoms with E-state index in [9.17, 15) is 9.59 Å². The lowest BCUT2D eigenvalue weighted by molar-refractivity contribution is -0.122. The summed E-state index contributed by atoms with van der Waals surface area (Å²) in [6, 6.07) is 2.43. The number of hydrogen-bond acceptors (Lipinski definition) is 5. The van der Waals surface area contributed by atoms with Crippen molar-refractivity contribution in [1.29, 1.82) is 0 Å². The number of nitrogens with one attached hydrogen (secondary N) is 1. The molecule has 2 aromatic heterocycles. The van der Waals surface area contributed by atoms with Gasteiger partial charge in [-0.15, -0.1) is 11.3 Å². The zero-order chi connectivity index (χ0) is 18.0. The monoisotopic (exact) mass is 362 g/mol. The number of nitrogens with zero attached hydrogens (tertiary/aromatic N) is 3. The molecule has 25 heavy (non-hydrogen) atoms. The van der Waals surface area contributed by atoms with Gasteiger partial charge in [0.05, 0.1) is 11.7 Å². The molecule has 0 unspecified atom stereocenters. The SMILES string of the molecule is Cc1cc2c(=O)n(CC(=O)NCC3CCN(C(C)C)CC3)cnc2s1. The third-order valence-electron chi connectivity index (χ3n) is 4.92. The van der Waals surface area contributed by atoms with E-state index in [-0.39, 0.29) is 18.0 Å². The van der Waals surface area contributed by atoms with Gasteiger partial charge >= 0.3 is 0 Å². The van der Waals surface area contributed by atoms with Crippen LogP contribution in [0.4, 0.5) is 0 Å². The number of likely N-dealkylation sites (tertiary alicyclic amines) is 1. The van der Waals surface area contributed by atoms with Crippen LogP contribution < -0.4 is 10.9 Å². The number of amides is 1. The molecule has 0 bridgehead atoms. The summed E-state index contributed by atoms with van der Waals surface area (Å²) in [5.41, 5.74) is -0.144. The Hall–Kier alpha value is -1.73. The number of aromatic nitrogens is 2. The van der Waals surface area contributed by atoms with Gasteiger partial charge in [0.15, 0.2) is 0 Å². The number of rotatable bonds is 5. The van der Waals surface area contributed by atoms with E-state index in [0.717, 1.165) is 35.6 Å². The van der Waals surface area contributed by atoms with Crippen LogP contribution in [0.3, 0.4) is 0 Å². The van der Waals surface area contributed by atoms with Crippen LogP contribution >= 0.6 is 11.3 Å². The lowest BCUT2D eigenvalue weighted by atomic mass is 9.96. The largest absolute Gasteiger partial charge is 0.354 e. The summed E-state index contributed by atoms with van der Waals surface area (Å²) in [6.45, 7) is 9.30. The molecule has 3 heterocycles. The Balaban J connectivity index is 1.53. The molecule has 0 saturated carbocycles. The van der Waals surface area contributed by atoms with Crippen LogP contribution in [0.5, 0.6) is 0 Å². The Kier molecular flexibility index (Phi) is 5.54. The van der Waals surface area contributed by atoms with Crippen molar-refractivity contribution in [1.82, 2.24) is 19.8 Å². The lowest BCUT2D eigenvalue weighted by Gasteiger charge is -2.34. The molecule has 1 saturated heterocycles. The van der Waals surface area contributed by atoms with E-state index in [4.69, 9.17) is 0 Å². The fraction of sp³-hybridized carbons (Fsp3) is 0.611. The second-order valence-electron chi connectivity index (χ2n) is 7.13. The normalized spacial score (nSPS) is 16.6. The highest BCUT2D eigenvalue weighted by Gasteiger charge is 2.21. The van der Waals surface area contributed by atoms with Gasteiger partial charge in [-0.2, -0.15) is 0 Å². The summed E-state index contributed by atoms with van der Waals surface area (Å²) < 4.78 is 1.39. The van der Waals surface area contributed by atoms with Gasteiger partial charge < -0.3 is 10.2 Å². The van der Waals surface area contributed by atoms with Crippen LogP contribution in [-0.2, 0) is 11.3 Å². The molecular formula is C18H26N4O2S. The van der Waals surface area contributed by atoms with Crippen molar-refractivity contribution in [3.8, 4) is 0 Å². The molecule has 0 spiro atoms. The first-order valence-corrected chi connectivity index (χ1v) is 9.72. The number of fused-ring (bicyclic) bond motifs is 1. The Morgan fingerprint density at radius 3 is 2.80 bits per heavy atom. The molecule has 2 aromatic rings. The molecule has 1 aliphatic heterocycles. The van der Waals surface area contributed by atoms with Crippen LogP contribution in [-0.4, -0.2) is 46.0 Å². The van der Waals surface area contributed by atoms with E-state index in [1.54, 1.807) is 0 Å². The predicted octanol–water partition coefficient (Wildman–Crippen LogP) is 2.00. The minimum Gasteiger partial charge on any atom is -0.354 e. The van der Waals surface area contributed by atoms with Gasteiger partial charge in [-0.3, -0.25) is 14.2 Å². The summed E-state index contributed by atoms with van der Waals surface area (Å²) in [6.07, 6.45) is 3.70. The smallest absolute Gasteiger partial charge is 0.262 e. The molecule has 0 aliphatic carbocycles. The molecule has 1 N–H and O–H groups in total. The van der Waals surface area contributed by atoms with E-state index in [1.807, 2.05) is 13.0 Å². The third kappa shape index (κ3) is 4.27. The topological polar surface area (TPSA) is 67.2 Å². The van der Waals surface area contributed by atoms with Crippen LogP contribution in [0.1, 0.15) is 31.6 Å². The molecule has 1 fully saturated rings. The summed E-state index contributed by atoms with van der Waals surface area (Å²) in [5.74, 6) is 0.400. The Bertz CT molecular complexity index is 803. The second-order valence-corrected chi connectivity index (χ2v) is 8.37. The van der Waals surface area contributed by atoms with Gasteiger partial charge in [-0.1, -0.05) is 0 Å². The summed E-state index contributed by atoms with van der Waals surface area (Å²) >= 11 is 1.50. The highest BCUT2D eigenvalue weighted by atomic mass is 32.1. The molecule has 1 aliphatic rings. The molecule has 0 atom stereocenters. The number of carbonyl (C=O) groups is 1. The highest BCUT2D eigenvalue weighted by Crippen LogP contribution is 2.19. The molecule has 1 amide bonds. The first-order valence-electron chi connectivity index (χ1n) is 8.90. The average molecular weight is 362 g/mol. The molecule has 6 nitrogen and oxygen atoms in total. The standard InChI is InChI=1S/C18H26N4O2S/c1-12(2)21-6-4-14(5-7-21)9-19-16(23)10-22-11-20-17-15(18(22)24)8-13(3)25-17/h8,11-12,14H,4-7,9-10H2,1-3H3,(H,19,23). The molecule has 136 valence electrons. The maximum atomic E-state index is 12.4. The van der Waals surface area contributed by atoms with Gasteiger partial charge in [0.2, 0.25) is 5.91 Å². The minimum absolute atomic E-state index is 0.0293. The fourth-order valence-electron chi connectivity index (χ4n) is 3.34. The quantitative estimate of drug-likeness (QED) is 0.883. The molecule has 0 aromatic carbocycles. The van der Waals surface area contributed by atoms with Crippen LogP contribution in [0.15, 0.2) is 17.2 Å². The van der Waals surface area contributed by atoms with Gasteiger partial charge in [-0.25, -0.2) is 4.98 Å². The molecular weight excluding hydrogens is 336 g/mol.